The van der Waals surface area contributed by atoms with Crippen molar-refractivity contribution in [1.29, 1.82) is 0 Å². The van der Waals surface area contributed by atoms with Gasteiger partial charge in [0.15, 0.2) is 0 Å². The number of hydrogen-bond donors (Lipinski definition) is 1. The van der Waals surface area contributed by atoms with E-state index >= 15 is 0 Å². The van der Waals surface area contributed by atoms with Crippen LogP contribution in [0.15, 0.2) is 30.3 Å². The molecule has 0 saturated carbocycles. The first-order chi connectivity index (χ1) is 7.45. The Morgan fingerprint density at radius 3 is 2.73 bits per heavy atom. The molecule has 0 amide bonds. The molecule has 3 heteroatoms. The molecule has 3 nitrogen and oxygen atoms in total. The molecule has 1 saturated heterocycles. The first-order valence-electron chi connectivity index (χ1n) is 5.39. The fraction of sp³-hybridized carbons (Fsp3) is 0.500. The van der Waals surface area contributed by atoms with Crippen LogP contribution in [0.2, 0.25) is 0 Å². The quantitative estimate of drug-likeness (QED) is 0.711. The predicted octanol–water partition coefficient (Wildman–Crippen LogP) is 1.19. The zero-order valence-electron chi connectivity index (χ0n) is 8.82. The third kappa shape index (κ3) is 3.63. The molecular formula is C12H17NO2. The van der Waals surface area contributed by atoms with Crippen LogP contribution in [0.25, 0.3) is 0 Å². The van der Waals surface area contributed by atoms with Gasteiger partial charge in [0.1, 0.15) is 6.10 Å². The number of nitrogens with one attached hydrogen (secondary N) is 1. The van der Waals surface area contributed by atoms with Gasteiger partial charge in [-0.3, -0.25) is 0 Å². The molecule has 0 aliphatic carbocycles. The second-order valence-corrected chi connectivity index (χ2v) is 3.69. The lowest BCUT2D eigenvalue weighted by Gasteiger charge is -2.25. The van der Waals surface area contributed by atoms with Gasteiger partial charge in [0.2, 0.25) is 0 Å². The molecule has 15 heavy (non-hydrogen) atoms. The summed E-state index contributed by atoms with van der Waals surface area (Å²) in [5.74, 6) is 0. The van der Waals surface area contributed by atoms with E-state index in [1.807, 2.05) is 6.07 Å². The molecule has 1 aliphatic rings. The number of benzene rings is 1. The van der Waals surface area contributed by atoms with Crippen molar-refractivity contribution in [3.05, 3.63) is 35.9 Å². The standard InChI is InChI=1S/C12H17NO2/c1-2-4-11(5-3-1)8-13-6-7-15-12-9-14-10-12/h1-5,12-13H,6-10H2. The largest absolute Gasteiger partial charge is 0.376 e. The lowest BCUT2D eigenvalue weighted by atomic mass is 10.2. The smallest absolute Gasteiger partial charge is 0.104 e. The third-order valence-electron chi connectivity index (χ3n) is 2.41. The van der Waals surface area contributed by atoms with Crippen LogP contribution in [0.5, 0.6) is 0 Å². The zero-order chi connectivity index (χ0) is 10.3. The van der Waals surface area contributed by atoms with E-state index in [9.17, 15) is 0 Å². The second-order valence-electron chi connectivity index (χ2n) is 3.69. The van der Waals surface area contributed by atoms with E-state index in [4.69, 9.17) is 9.47 Å². The van der Waals surface area contributed by atoms with Crippen LogP contribution in [-0.4, -0.2) is 32.5 Å². The summed E-state index contributed by atoms with van der Waals surface area (Å²) in [7, 11) is 0. The maximum atomic E-state index is 5.53. The molecule has 1 fully saturated rings. The highest BCUT2D eigenvalue weighted by Crippen LogP contribution is 2.04. The van der Waals surface area contributed by atoms with Gasteiger partial charge in [-0.25, -0.2) is 0 Å². The average Bonchev–Trinajstić information content (AvgIpc) is 2.22. The fourth-order valence-corrected chi connectivity index (χ4v) is 1.44. The Balaban J connectivity index is 1.51. The Morgan fingerprint density at radius 2 is 2.07 bits per heavy atom. The lowest BCUT2D eigenvalue weighted by Crippen LogP contribution is -2.37. The summed E-state index contributed by atoms with van der Waals surface area (Å²) in [4.78, 5) is 0. The Kier molecular flexibility index (Phi) is 4.14. The molecular weight excluding hydrogens is 190 g/mol. The highest BCUT2D eigenvalue weighted by atomic mass is 16.6. The summed E-state index contributed by atoms with van der Waals surface area (Å²) in [6.07, 6.45) is 0.337. The van der Waals surface area contributed by atoms with Gasteiger partial charge in [-0.1, -0.05) is 30.3 Å². The number of rotatable bonds is 6. The van der Waals surface area contributed by atoms with E-state index in [-0.39, 0.29) is 0 Å². The first kappa shape index (κ1) is 10.6. The highest BCUT2D eigenvalue weighted by Gasteiger charge is 2.17. The van der Waals surface area contributed by atoms with Crippen LogP contribution in [0.3, 0.4) is 0 Å². The topological polar surface area (TPSA) is 30.5 Å². The SMILES string of the molecule is c1ccc(CNCCOC2COC2)cc1. The van der Waals surface area contributed by atoms with Gasteiger partial charge in [0.05, 0.1) is 19.8 Å². The normalized spacial score (nSPS) is 16.3. The van der Waals surface area contributed by atoms with Crippen LogP contribution >= 0.6 is 0 Å². The van der Waals surface area contributed by atoms with Gasteiger partial charge in [0, 0.05) is 13.1 Å². The molecule has 0 atom stereocenters. The van der Waals surface area contributed by atoms with Gasteiger partial charge in [-0.05, 0) is 5.56 Å². The van der Waals surface area contributed by atoms with Gasteiger partial charge in [-0.2, -0.15) is 0 Å². The van der Waals surface area contributed by atoms with E-state index in [0.29, 0.717) is 6.10 Å². The Hall–Kier alpha value is -0.900. The van der Waals surface area contributed by atoms with Crippen LogP contribution in [0, 0.1) is 0 Å². The first-order valence-corrected chi connectivity index (χ1v) is 5.39. The molecule has 1 N–H and O–H groups in total. The molecule has 0 aromatic heterocycles. The Morgan fingerprint density at radius 1 is 1.27 bits per heavy atom. The van der Waals surface area contributed by atoms with Crippen molar-refractivity contribution in [3.8, 4) is 0 Å². The average molecular weight is 207 g/mol. The zero-order valence-corrected chi connectivity index (χ0v) is 8.82. The van der Waals surface area contributed by atoms with E-state index in [1.165, 1.54) is 5.56 Å². The van der Waals surface area contributed by atoms with Gasteiger partial charge < -0.3 is 14.8 Å². The summed E-state index contributed by atoms with van der Waals surface area (Å²) in [6.45, 7) is 4.09. The molecule has 0 unspecified atom stereocenters. The summed E-state index contributed by atoms with van der Waals surface area (Å²) in [6, 6.07) is 10.4. The number of ether oxygens (including phenoxy) is 2. The molecule has 2 rings (SSSR count). The summed E-state index contributed by atoms with van der Waals surface area (Å²) in [5, 5.41) is 3.34. The molecule has 0 bridgehead atoms. The van der Waals surface area contributed by atoms with E-state index in [2.05, 4.69) is 29.6 Å². The third-order valence-corrected chi connectivity index (χ3v) is 2.41. The van der Waals surface area contributed by atoms with Gasteiger partial charge in [-0.15, -0.1) is 0 Å². The van der Waals surface area contributed by atoms with Crippen molar-refractivity contribution in [2.75, 3.05) is 26.4 Å². The van der Waals surface area contributed by atoms with Crippen molar-refractivity contribution in [2.45, 2.75) is 12.6 Å². The van der Waals surface area contributed by atoms with Crippen LogP contribution in [-0.2, 0) is 16.0 Å². The van der Waals surface area contributed by atoms with Crippen LogP contribution in [0.4, 0.5) is 0 Å². The Bertz CT molecular complexity index is 272. The van der Waals surface area contributed by atoms with E-state index in [0.717, 1.165) is 32.9 Å². The maximum absolute atomic E-state index is 5.53. The van der Waals surface area contributed by atoms with E-state index in [1.54, 1.807) is 0 Å². The minimum absolute atomic E-state index is 0.337. The van der Waals surface area contributed by atoms with E-state index < -0.39 is 0 Å². The lowest BCUT2D eigenvalue weighted by molar-refractivity contribution is -0.128. The fourth-order valence-electron chi connectivity index (χ4n) is 1.44. The molecule has 0 radical (unpaired) electrons. The van der Waals surface area contributed by atoms with Crippen LogP contribution < -0.4 is 5.32 Å². The molecule has 0 spiro atoms. The van der Waals surface area contributed by atoms with Crippen molar-refractivity contribution >= 4 is 0 Å². The summed E-state index contributed by atoms with van der Waals surface area (Å²) >= 11 is 0. The summed E-state index contributed by atoms with van der Waals surface area (Å²) in [5.41, 5.74) is 1.31. The minimum atomic E-state index is 0.337. The Labute approximate surface area is 90.4 Å². The van der Waals surface area contributed by atoms with Crippen molar-refractivity contribution < 1.29 is 9.47 Å². The van der Waals surface area contributed by atoms with Gasteiger partial charge in [0.25, 0.3) is 0 Å². The van der Waals surface area contributed by atoms with Crippen molar-refractivity contribution in [1.82, 2.24) is 5.32 Å². The second kappa shape index (κ2) is 5.85. The minimum Gasteiger partial charge on any atom is -0.376 e. The highest BCUT2D eigenvalue weighted by molar-refractivity contribution is 5.14. The summed E-state index contributed by atoms with van der Waals surface area (Å²) < 4.78 is 10.5. The predicted molar refractivity (Wildman–Crippen MR) is 58.7 cm³/mol. The van der Waals surface area contributed by atoms with Crippen molar-refractivity contribution in [3.63, 3.8) is 0 Å². The van der Waals surface area contributed by atoms with Gasteiger partial charge >= 0.3 is 0 Å². The molecule has 1 heterocycles. The maximum Gasteiger partial charge on any atom is 0.104 e. The van der Waals surface area contributed by atoms with Crippen LogP contribution in [0.1, 0.15) is 5.56 Å². The molecule has 1 aromatic rings. The molecule has 1 aliphatic heterocycles. The molecule has 1 aromatic carbocycles. The number of hydrogen-bond acceptors (Lipinski definition) is 3. The molecule has 82 valence electrons. The monoisotopic (exact) mass is 207 g/mol. The van der Waals surface area contributed by atoms with Crippen molar-refractivity contribution in [2.24, 2.45) is 0 Å².